The lowest BCUT2D eigenvalue weighted by Crippen LogP contribution is -2.33. The van der Waals surface area contributed by atoms with Gasteiger partial charge in [0.15, 0.2) is 0 Å². The number of carboxylic acid groups (broad SMARTS) is 1. The molecule has 1 aliphatic rings. The molecule has 6 heteroatoms. The number of benzene rings is 1. The van der Waals surface area contributed by atoms with Crippen LogP contribution in [-0.2, 0) is 0 Å². The van der Waals surface area contributed by atoms with Crippen molar-refractivity contribution in [1.82, 2.24) is 4.57 Å². The number of carbonyl (C=O) groups is 1. The van der Waals surface area contributed by atoms with Crippen molar-refractivity contribution in [3.05, 3.63) is 39.9 Å². The van der Waals surface area contributed by atoms with Gasteiger partial charge < -0.3 is 14.6 Å². The molecule has 140 valence electrons. The molecular formula is C20H25FN2O3. The van der Waals surface area contributed by atoms with Crippen LogP contribution in [0.1, 0.15) is 56.4 Å². The molecule has 0 amide bonds. The van der Waals surface area contributed by atoms with E-state index >= 15 is 0 Å². The Morgan fingerprint density at radius 1 is 1.35 bits per heavy atom. The van der Waals surface area contributed by atoms with Crippen LogP contribution >= 0.6 is 0 Å². The van der Waals surface area contributed by atoms with E-state index in [4.69, 9.17) is 0 Å². The van der Waals surface area contributed by atoms with E-state index in [9.17, 15) is 19.1 Å². The number of aromatic nitrogens is 1. The zero-order valence-electron chi connectivity index (χ0n) is 15.5. The molecule has 1 aromatic carbocycles. The van der Waals surface area contributed by atoms with Crippen molar-refractivity contribution in [1.29, 1.82) is 0 Å². The Kier molecular flexibility index (Phi) is 5.03. The Labute approximate surface area is 152 Å². The van der Waals surface area contributed by atoms with E-state index < -0.39 is 17.2 Å². The summed E-state index contributed by atoms with van der Waals surface area (Å²) < 4.78 is 16.6. The molecule has 26 heavy (non-hydrogen) atoms. The number of nitrogens with zero attached hydrogens (tertiary/aromatic N) is 2. The van der Waals surface area contributed by atoms with E-state index in [0.29, 0.717) is 17.1 Å². The Bertz CT molecular complexity index is 898. The van der Waals surface area contributed by atoms with Gasteiger partial charge in [0.2, 0.25) is 5.43 Å². The van der Waals surface area contributed by atoms with Gasteiger partial charge in [0.1, 0.15) is 11.4 Å². The second kappa shape index (κ2) is 7.09. The molecule has 2 heterocycles. The second-order valence-corrected chi connectivity index (χ2v) is 7.33. The number of rotatable bonds is 4. The Balaban J connectivity index is 2.23. The maximum absolute atomic E-state index is 14.8. The van der Waals surface area contributed by atoms with Crippen LogP contribution in [0.2, 0.25) is 0 Å². The Morgan fingerprint density at radius 3 is 2.58 bits per heavy atom. The summed E-state index contributed by atoms with van der Waals surface area (Å²) in [6.07, 6.45) is 4.17. The molecule has 0 saturated carbocycles. The van der Waals surface area contributed by atoms with E-state index in [0.717, 1.165) is 32.4 Å². The monoisotopic (exact) mass is 360 g/mol. The van der Waals surface area contributed by atoms with Crippen molar-refractivity contribution < 1.29 is 14.3 Å². The van der Waals surface area contributed by atoms with Gasteiger partial charge in [-0.2, -0.15) is 0 Å². The fourth-order valence-electron chi connectivity index (χ4n) is 3.56. The second-order valence-electron chi connectivity index (χ2n) is 7.33. The van der Waals surface area contributed by atoms with Gasteiger partial charge in [-0.3, -0.25) is 4.79 Å². The summed E-state index contributed by atoms with van der Waals surface area (Å²) in [5.74, 6) is -1.13. The van der Waals surface area contributed by atoms with Crippen molar-refractivity contribution in [3.8, 4) is 0 Å². The molecule has 0 aliphatic carbocycles. The molecule has 0 radical (unpaired) electrons. The molecule has 3 rings (SSSR count). The summed E-state index contributed by atoms with van der Waals surface area (Å²) in [6, 6.07) is 2.91. The molecule has 1 fully saturated rings. The van der Waals surface area contributed by atoms with Crippen LogP contribution in [0.4, 0.5) is 10.1 Å². The number of hydrogen-bond donors (Lipinski definition) is 1. The Hall–Kier alpha value is -2.37. The van der Waals surface area contributed by atoms with E-state index in [2.05, 4.69) is 6.92 Å². The maximum Gasteiger partial charge on any atom is 0.341 e. The van der Waals surface area contributed by atoms with Gasteiger partial charge in [-0.05, 0) is 44.2 Å². The smallest absolute Gasteiger partial charge is 0.341 e. The first-order valence-corrected chi connectivity index (χ1v) is 9.20. The minimum absolute atomic E-state index is 0.00381. The van der Waals surface area contributed by atoms with E-state index in [-0.39, 0.29) is 17.0 Å². The minimum atomic E-state index is -1.29. The van der Waals surface area contributed by atoms with Gasteiger partial charge in [0, 0.05) is 30.7 Å². The largest absolute Gasteiger partial charge is 0.477 e. The summed E-state index contributed by atoms with van der Waals surface area (Å²) in [5.41, 5.74) is 0.120. The van der Waals surface area contributed by atoms with Crippen LogP contribution in [0, 0.1) is 11.7 Å². The van der Waals surface area contributed by atoms with Gasteiger partial charge in [0.05, 0.1) is 11.2 Å². The lowest BCUT2D eigenvalue weighted by Gasteiger charge is -2.32. The normalized spacial score (nSPS) is 16.8. The topological polar surface area (TPSA) is 62.5 Å². The molecule has 1 atom stereocenters. The molecule has 0 spiro atoms. The third kappa shape index (κ3) is 3.20. The van der Waals surface area contributed by atoms with Gasteiger partial charge in [-0.25, -0.2) is 9.18 Å². The average Bonchev–Trinajstić information content (AvgIpc) is 2.62. The van der Waals surface area contributed by atoms with Crippen molar-refractivity contribution in [2.24, 2.45) is 5.92 Å². The van der Waals surface area contributed by atoms with Crippen molar-refractivity contribution in [2.45, 2.75) is 46.1 Å². The van der Waals surface area contributed by atoms with Crippen LogP contribution in [0.3, 0.4) is 0 Å². The number of anilines is 1. The molecule has 1 unspecified atom stereocenters. The number of pyridine rings is 1. The van der Waals surface area contributed by atoms with Crippen LogP contribution in [0.25, 0.3) is 10.9 Å². The molecule has 1 N–H and O–H groups in total. The zero-order valence-corrected chi connectivity index (χ0v) is 15.5. The van der Waals surface area contributed by atoms with E-state index in [1.807, 2.05) is 18.7 Å². The summed E-state index contributed by atoms with van der Waals surface area (Å²) >= 11 is 0. The number of carboxylic acids is 1. The van der Waals surface area contributed by atoms with Crippen LogP contribution in [-0.4, -0.2) is 28.7 Å². The van der Waals surface area contributed by atoms with Gasteiger partial charge in [0.25, 0.3) is 0 Å². The van der Waals surface area contributed by atoms with Gasteiger partial charge in [-0.15, -0.1) is 0 Å². The quantitative estimate of drug-likeness (QED) is 0.894. The third-order valence-electron chi connectivity index (χ3n) is 5.52. The minimum Gasteiger partial charge on any atom is -0.477 e. The van der Waals surface area contributed by atoms with Crippen LogP contribution in [0.5, 0.6) is 0 Å². The number of halogens is 1. The highest BCUT2D eigenvalue weighted by Gasteiger charge is 2.22. The Morgan fingerprint density at radius 2 is 2.00 bits per heavy atom. The molecule has 5 nitrogen and oxygen atoms in total. The fraction of sp³-hybridized carbons (Fsp3) is 0.500. The number of hydrogen-bond acceptors (Lipinski definition) is 3. The zero-order chi connectivity index (χ0) is 19.0. The van der Waals surface area contributed by atoms with Crippen molar-refractivity contribution in [3.63, 3.8) is 0 Å². The van der Waals surface area contributed by atoms with E-state index in [1.54, 1.807) is 10.6 Å². The number of fused-ring (bicyclic) bond motifs is 1. The van der Waals surface area contributed by atoms with Gasteiger partial charge in [-0.1, -0.05) is 13.8 Å². The van der Waals surface area contributed by atoms with Crippen LogP contribution < -0.4 is 10.3 Å². The summed E-state index contributed by atoms with van der Waals surface area (Å²) in [5, 5.41) is 9.46. The first-order valence-electron chi connectivity index (χ1n) is 9.20. The lowest BCUT2D eigenvalue weighted by molar-refractivity contribution is 0.0694. The molecule has 2 aromatic rings. The summed E-state index contributed by atoms with van der Waals surface area (Å²) in [7, 11) is 0. The summed E-state index contributed by atoms with van der Waals surface area (Å²) in [6.45, 7) is 7.71. The number of piperidine rings is 1. The standard InChI is InChI=1S/C20H25FN2O3/c1-4-13(3)23-11-15(20(25)26)19(24)14-9-16(21)18(10-17(14)23)22-7-5-12(2)6-8-22/h9-13H,4-8H2,1-3H3,(H,25,26). The highest BCUT2D eigenvalue weighted by atomic mass is 19.1. The molecule has 1 saturated heterocycles. The van der Waals surface area contributed by atoms with Crippen molar-refractivity contribution in [2.75, 3.05) is 18.0 Å². The summed E-state index contributed by atoms with van der Waals surface area (Å²) in [4.78, 5) is 26.0. The number of aromatic carboxylic acids is 1. The lowest BCUT2D eigenvalue weighted by atomic mass is 9.98. The average molecular weight is 360 g/mol. The maximum atomic E-state index is 14.8. The van der Waals surface area contributed by atoms with Crippen molar-refractivity contribution >= 4 is 22.6 Å². The fourth-order valence-corrected chi connectivity index (χ4v) is 3.56. The van der Waals surface area contributed by atoms with E-state index in [1.165, 1.54) is 12.3 Å². The first-order chi connectivity index (χ1) is 12.3. The van der Waals surface area contributed by atoms with Gasteiger partial charge >= 0.3 is 5.97 Å². The molecular weight excluding hydrogens is 335 g/mol. The highest BCUT2D eigenvalue weighted by molar-refractivity contribution is 5.93. The predicted octanol–water partition coefficient (Wildman–Crippen LogP) is 4.05. The predicted molar refractivity (Wildman–Crippen MR) is 101 cm³/mol. The molecule has 1 aromatic heterocycles. The molecule has 1 aliphatic heterocycles. The van der Waals surface area contributed by atoms with Crippen LogP contribution in [0.15, 0.2) is 23.1 Å². The molecule has 0 bridgehead atoms. The first kappa shape index (κ1) is 18.4. The third-order valence-corrected chi connectivity index (χ3v) is 5.52. The highest BCUT2D eigenvalue weighted by Crippen LogP contribution is 2.30. The SMILES string of the molecule is CCC(C)n1cc(C(=O)O)c(=O)c2cc(F)c(N3CCC(C)CC3)cc21.